The fraction of sp³-hybridized carbons (Fsp3) is 0.158. The smallest absolute Gasteiger partial charge is 0.272 e. The number of methoxy groups -OCH3 is 1. The summed E-state index contributed by atoms with van der Waals surface area (Å²) in [7, 11) is -2.23. The van der Waals surface area contributed by atoms with Crippen LogP contribution in [-0.4, -0.2) is 32.6 Å². The molecule has 0 atom stereocenters. The number of primary sulfonamides is 1. The summed E-state index contributed by atoms with van der Waals surface area (Å²) >= 11 is 1.22. The molecule has 0 aliphatic rings. The summed E-state index contributed by atoms with van der Waals surface area (Å²) in [6, 6.07) is 14.0. The van der Waals surface area contributed by atoms with Crippen LogP contribution < -0.4 is 9.94 Å². The number of hydrogen-bond donors (Lipinski definition) is 1. The standard InChI is InChI=1S/C19H19N3O4S2/c1-26-12-11-22-16-9-8-15(28(20,24)25)13-17(16)27-19(22)21-18(23)10-7-14-5-3-2-4-6-14/h2-10,13H,11-12H2,1H3,(H2,20,24,25)/b10-7+,21-19?. The van der Waals surface area contributed by atoms with Crippen molar-refractivity contribution >= 4 is 43.6 Å². The monoisotopic (exact) mass is 417 g/mol. The number of fused-ring (bicyclic) bond motifs is 1. The number of nitrogens with two attached hydrogens (primary N) is 1. The number of carbonyl (C=O) groups excluding carboxylic acids is 1. The second-order valence-corrected chi connectivity index (χ2v) is 8.47. The molecule has 146 valence electrons. The molecule has 0 aliphatic heterocycles. The number of carbonyl (C=O) groups is 1. The summed E-state index contributed by atoms with van der Waals surface area (Å²) in [6.07, 6.45) is 3.09. The van der Waals surface area contributed by atoms with Gasteiger partial charge in [-0.25, -0.2) is 13.6 Å². The van der Waals surface area contributed by atoms with Crippen LogP contribution in [0.15, 0.2) is 64.5 Å². The lowest BCUT2D eigenvalue weighted by atomic mass is 10.2. The van der Waals surface area contributed by atoms with Crippen molar-refractivity contribution in [2.45, 2.75) is 11.4 Å². The molecule has 2 N–H and O–H groups in total. The third-order valence-corrected chi connectivity index (χ3v) is 5.88. The average molecular weight is 418 g/mol. The van der Waals surface area contributed by atoms with Gasteiger partial charge in [-0.15, -0.1) is 0 Å². The lowest BCUT2D eigenvalue weighted by molar-refractivity contribution is -0.113. The second kappa shape index (κ2) is 8.61. The van der Waals surface area contributed by atoms with Gasteiger partial charge in [0.15, 0.2) is 4.80 Å². The van der Waals surface area contributed by atoms with E-state index in [-0.39, 0.29) is 4.90 Å². The summed E-state index contributed by atoms with van der Waals surface area (Å²) in [5, 5.41) is 5.21. The fourth-order valence-electron chi connectivity index (χ4n) is 2.58. The Hall–Kier alpha value is -2.59. The van der Waals surface area contributed by atoms with Gasteiger partial charge in [0.2, 0.25) is 10.0 Å². The van der Waals surface area contributed by atoms with E-state index in [1.165, 1.54) is 29.5 Å². The summed E-state index contributed by atoms with van der Waals surface area (Å²) in [5.74, 6) is -0.409. The summed E-state index contributed by atoms with van der Waals surface area (Å²) < 4.78 is 30.8. The van der Waals surface area contributed by atoms with Gasteiger partial charge in [0.1, 0.15) is 0 Å². The zero-order valence-electron chi connectivity index (χ0n) is 15.1. The molecule has 0 spiro atoms. The van der Waals surface area contributed by atoms with Crippen LogP contribution >= 0.6 is 11.3 Å². The SMILES string of the molecule is COCCn1c(=NC(=O)/C=C/c2ccccc2)sc2cc(S(N)(=O)=O)ccc21. The maximum atomic E-state index is 12.3. The van der Waals surface area contributed by atoms with E-state index in [1.807, 2.05) is 34.9 Å². The van der Waals surface area contributed by atoms with E-state index in [1.54, 1.807) is 19.3 Å². The highest BCUT2D eigenvalue weighted by atomic mass is 32.2. The minimum atomic E-state index is -3.81. The molecular formula is C19H19N3O4S2. The lowest BCUT2D eigenvalue weighted by Gasteiger charge is -2.04. The molecule has 28 heavy (non-hydrogen) atoms. The zero-order valence-corrected chi connectivity index (χ0v) is 16.7. The van der Waals surface area contributed by atoms with Gasteiger partial charge in [-0.05, 0) is 29.8 Å². The molecule has 7 nitrogen and oxygen atoms in total. The van der Waals surface area contributed by atoms with Crippen LogP contribution in [0.1, 0.15) is 5.56 Å². The zero-order chi connectivity index (χ0) is 20.1. The van der Waals surface area contributed by atoms with E-state index in [0.29, 0.717) is 22.7 Å². The number of thiazole rings is 1. The molecule has 3 aromatic rings. The van der Waals surface area contributed by atoms with Crippen molar-refractivity contribution in [1.29, 1.82) is 0 Å². The molecular weight excluding hydrogens is 398 g/mol. The Bertz CT molecular complexity index is 1190. The number of rotatable bonds is 6. The molecule has 1 aromatic heterocycles. The molecule has 0 unspecified atom stereocenters. The number of benzene rings is 2. The van der Waals surface area contributed by atoms with Gasteiger partial charge in [0.25, 0.3) is 5.91 Å². The van der Waals surface area contributed by atoms with Crippen LogP contribution in [0, 0.1) is 0 Å². The summed E-state index contributed by atoms with van der Waals surface area (Å²) in [4.78, 5) is 17.0. The number of aromatic nitrogens is 1. The second-order valence-electron chi connectivity index (χ2n) is 5.90. The van der Waals surface area contributed by atoms with Crippen molar-refractivity contribution in [3.8, 4) is 0 Å². The van der Waals surface area contributed by atoms with E-state index >= 15 is 0 Å². The summed E-state index contributed by atoms with van der Waals surface area (Å²) in [6.45, 7) is 0.893. The van der Waals surface area contributed by atoms with Gasteiger partial charge in [-0.1, -0.05) is 41.7 Å². The first-order valence-electron chi connectivity index (χ1n) is 8.35. The number of ether oxygens (including phenoxy) is 1. The lowest BCUT2D eigenvalue weighted by Crippen LogP contribution is -2.19. The van der Waals surface area contributed by atoms with Gasteiger partial charge < -0.3 is 9.30 Å². The molecule has 0 bridgehead atoms. The van der Waals surface area contributed by atoms with Crippen molar-refractivity contribution in [3.63, 3.8) is 0 Å². The first-order valence-corrected chi connectivity index (χ1v) is 10.7. The Labute approximate surface area is 166 Å². The van der Waals surface area contributed by atoms with Gasteiger partial charge in [0, 0.05) is 19.7 Å². The molecule has 0 saturated carbocycles. The Balaban J connectivity index is 2.03. The summed E-state index contributed by atoms with van der Waals surface area (Å²) in [5.41, 5.74) is 1.65. The number of amides is 1. The van der Waals surface area contributed by atoms with Crippen LogP contribution in [0.2, 0.25) is 0 Å². The molecule has 0 saturated heterocycles. The molecule has 0 fully saturated rings. The van der Waals surface area contributed by atoms with Gasteiger partial charge >= 0.3 is 0 Å². The predicted molar refractivity (Wildman–Crippen MR) is 109 cm³/mol. The van der Waals surface area contributed by atoms with Gasteiger partial charge in [-0.2, -0.15) is 4.99 Å². The largest absolute Gasteiger partial charge is 0.383 e. The molecule has 0 aliphatic carbocycles. The molecule has 0 radical (unpaired) electrons. The first-order chi connectivity index (χ1) is 13.4. The minimum absolute atomic E-state index is 0.0157. The topological polar surface area (TPSA) is 104 Å². The van der Waals surface area contributed by atoms with Crippen LogP contribution in [0.3, 0.4) is 0 Å². The predicted octanol–water partition coefficient (Wildman–Crippen LogP) is 2.14. The van der Waals surface area contributed by atoms with E-state index in [4.69, 9.17) is 9.88 Å². The van der Waals surface area contributed by atoms with E-state index in [2.05, 4.69) is 4.99 Å². The highest BCUT2D eigenvalue weighted by molar-refractivity contribution is 7.89. The quantitative estimate of drug-likeness (QED) is 0.621. The van der Waals surface area contributed by atoms with Crippen molar-refractivity contribution in [3.05, 3.63) is 65.0 Å². The molecule has 9 heteroatoms. The maximum Gasteiger partial charge on any atom is 0.272 e. The third-order valence-electron chi connectivity index (χ3n) is 3.93. The van der Waals surface area contributed by atoms with Crippen LogP contribution in [0.5, 0.6) is 0 Å². The van der Waals surface area contributed by atoms with Crippen molar-refractivity contribution < 1.29 is 17.9 Å². The van der Waals surface area contributed by atoms with Gasteiger partial charge in [0.05, 0.1) is 21.7 Å². The van der Waals surface area contributed by atoms with Crippen LogP contribution in [0.25, 0.3) is 16.3 Å². The molecule has 1 amide bonds. The van der Waals surface area contributed by atoms with E-state index in [0.717, 1.165) is 11.1 Å². The minimum Gasteiger partial charge on any atom is -0.383 e. The first kappa shape index (κ1) is 20.2. The highest BCUT2D eigenvalue weighted by Gasteiger charge is 2.13. The maximum absolute atomic E-state index is 12.3. The van der Waals surface area contributed by atoms with E-state index < -0.39 is 15.9 Å². The number of hydrogen-bond acceptors (Lipinski definition) is 5. The Morgan fingerprint density at radius 3 is 2.68 bits per heavy atom. The van der Waals surface area contributed by atoms with E-state index in [9.17, 15) is 13.2 Å². The van der Waals surface area contributed by atoms with Crippen LogP contribution in [0.4, 0.5) is 0 Å². The van der Waals surface area contributed by atoms with Crippen molar-refractivity contribution in [2.75, 3.05) is 13.7 Å². The Morgan fingerprint density at radius 1 is 1.25 bits per heavy atom. The molecule has 1 heterocycles. The molecule has 2 aromatic carbocycles. The van der Waals surface area contributed by atoms with Gasteiger partial charge in [-0.3, -0.25) is 4.79 Å². The number of nitrogens with zero attached hydrogens (tertiary/aromatic N) is 2. The highest BCUT2D eigenvalue weighted by Crippen LogP contribution is 2.21. The molecule has 3 rings (SSSR count). The number of sulfonamides is 1. The van der Waals surface area contributed by atoms with Crippen LogP contribution in [-0.2, 0) is 26.1 Å². The average Bonchev–Trinajstić information content (AvgIpc) is 3.01. The Morgan fingerprint density at radius 2 is 2.00 bits per heavy atom. The fourth-order valence-corrected chi connectivity index (χ4v) is 4.29. The third kappa shape index (κ3) is 4.82. The van der Waals surface area contributed by atoms with Crippen molar-refractivity contribution in [2.24, 2.45) is 10.1 Å². The normalized spacial score (nSPS) is 12.9. The van der Waals surface area contributed by atoms with Crippen molar-refractivity contribution in [1.82, 2.24) is 4.57 Å². The Kier molecular flexibility index (Phi) is 6.20.